The minimum atomic E-state index is -2.91. The number of nitrogens with zero attached hydrogens (tertiary/aromatic N) is 1. The largest absolute Gasteiger partial charge is 0.327 e. The highest BCUT2D eigenvalue weighted by Crippen LogP contribution is 2.23. The van der Waals surface area contributed by atoms with Gasteiger partial charge in [-0.25, -0.2) is 8.42 Å². The smallest absolute Gasteiger partial charge is 0.157 e. The Hall–Kier alpha value is 0.160. The quantitative estimate of drug-likeness (QED) is 0.770. The van der Waals surface area contributed by atoms with Crippen molar-refractivity contribution in [3.8, 4) is 0 Å². The van der Waals surface area contributed by atoms with Crippen LogP contribution in [0.1, 0.15) is 20.8 Å². The van der Waals surface area contributed by atoms with E-state index in [1.807, 2.05) is 6.92 Å². The first-order chi connectivity index (χ1) is 6.24. The van der Waals surface area contributed by atoms with E-state index in [1.165, 1.54) is 0 Å². The molecule has 0 aliphatic carbocycles. The lowest BCUT2D eigenvalue weighted by Crippen LogP contribution is -2.54. The zero-order valence-electron chi connectivity index (χ0n) is 9.56. The van der Waals surface area contributed by atoms with Crippen molar-refractivity contribution in [3.63, 3.8) is 0 Å². The van der Waals surface area contributed by atoms with E-state index in [4.69, 9.17) is 5.73 Å². The molecule has 0 aromatic carbocycles. The Labute approximate surface area is 98.5 Å². The van der Waals surface area contributed by atoms with Crippen molar-refractivity contribution in [1.82, 2.24) is 4.90 Å². The third-order valence-electron chi connectivity index (χ3n) is 2.67. The molecule has 2 N–H and O–H groups in total. The molecule has 0 saturated carbocycles. The van der Waals surface area contributed by atoms with E-state index < -0.39 is 14.6 Å². The van der Waals surface area contributed by atoms with E-state index in [2.05, 4.69) is 4.90 Å². The lowest BCUT2D eigenvalue weighted by atomic mass is 10.1. The molecule has 1 aliphatic rings. The number of sulfone groups is 1. The van der Waals surface area contributed by atoms with Crippen LogP contribution in [0, 0.1) is 0 Å². The SMILES string of the molecule is CC(N)CN1CCS(=O)(=O)C(C)(C)C1.Cl. The molecule has 15 heavy (non-hydrogen) atoms. The Balaban J connectivity index is 0.00000196. The van der Waals surface area contributed by atoms with Crippen LogP contribution in [0.5, 0.6) is 0 Å². The topological polar surface area (TPSA) is 63.4 Å². The Morgan fingerprint density at radius 3 is 2.40 bits per heavy atom. The van der Waals surface area contributed by atoms with Crippen LogP contribution in [-0.4, -0.2) is 49.5 Å². The van der Waals surface area contributed by atoms with Gasteiger partial charge in [-0.3, -0.25) is 4.90 Å². The van der Waals surface area contributed by atoms with Crippen molar-refractivity contribution >= 4 is 22.2 Å². The molecule has 1 atom stereocenters. The average molecular weight is 257 g/mol. The number of rotatable bonds is 2. The fourth-order valence-electron chi connectivity index (χ4n) is 1.80. The summed E-state index contributed by atoms with van der Waals surface area (Å²) in [6.45, 7) is 7.50. The summed E-state index contributed by atoms with van der Waals surface area (Å²) in [6, 6.07) is 0.103. The maximum atomic E-state index is 11.7. The van der Waals surface area contributed by atoms with E-state index in [-0.39, 0.29) is 24.2 Å². The molecule has 1 rings (SSSR count). The van der Waals surface area contributed by atoms with E-state index in [0.29, 0.717) is 13.1 Å². The van der Waals surface area contributed by atoms with Crippen LogP contribution in [0.25, 0.3) is 0 Å². The van der Waals surface area contributed by atoms with Gasteiger partial charge in [0.2, 0.25) is 0 Å². The molecule has 1 unspecified atom stereocenters. The van der Waals surface area contributed by atoms with Crippen LogP contribution < -0.4 is 5.73 Å². The normalized spacial score (nSPS) is 26.7. The summed E-state index contributed by atoms with van der Waals surface area (Å²) in [5, 5.41) is 0. The highest BCUT2D eigenvalue weighted by molar-refractivity contribution is 7.92. The zero-order valence-corrected chi connectivity index (χ0v) is 11.2. The third-order valence-corrected chi connectivity index (χ3v) is 5.20. The number of hydrogen-bond donors (Lipinski definition) is 1. The Bertz CT molecular complexity index is 301. The number of halogens is 1. The lowest BCUT2D eigenvalue weighted by molar-refractivity contribution is 0.239. The molecular weight excluding hydrogens is 236 g/mol. The van der Waals surface area contributed by atoms with Crippen LogP contribution in [0.2, 0.25) is 0 Å². The number of nitrogens with two attached hydrogens (primary N) is 1. The van der Waals surface area contributed by atoms with Gasteiger partial charge in [0, 0.05) is 25.7 Å². The molecule has 0 aromatic rings. The fourth-order valence-corrected chi connectivity index (χ4v) is 3.23. The zero-order chi connectivity index (χ0) is 11.0. The van der Waals surface area contributed by atoms with Crippen LogP contribution >= 0.6 is 12.4 Å². The predicted molar refractivity (Wildman–Crippen MR) is 65.2 cm³/mol. The van der Waals surface area contributed by atoms with Crippen LogP contribution in [0.3, 0.4) is 0 Å². The molecule has 0 spiro atoms. The van der Waals surface area contributed by atoms with E-state index >= 15 is 0 Å². The second-order valence-electron chi connectivity index (χ2n) is 4.79. The first-order valence-corrected chi connectivity index (χ1v) is 6.60. The molecule has 92 valence electrons. The van der Waals surface area contributed by atoms with Crippen molar-refractivity contribution in [3.05, 3.63) is 0 Å². The molecule has 0 bridgehead atoms. The second-order valence-corrected chi connectivity index (χ2v) is 7.53. The van der Waals surface area contributed by atoms with Crippen LogP contribution in [-0.2, 0) is 9.84 Å². The third kappa shape index (κ3) is 3.59. The van der Waals surface area contributed by atoms with E-state index in [9.17, 15) is 8.42 Å². The minimum Gasteiger partial charge on any atom is -0.327 e. The van der Waals surface area contributed by atoms with Crippen LogP contribution in [0.15, 0.2) is 0 Å². The van der Waals surface area contributed by atoms with Crippen molar-refractivity contribution in [2.24, 2.45) is 5.73 Å². The summed E-state index contributed by atoms with van der Waals surface area (Å²) in [7, 11) is -2.91. The Morgan fingerprint density at radius 1 is 1.47 bits per heavy atom. The molecule has 0 aromatic heterocycles. The number of hydrogen-bond acceptors (Lipinski definition) is 4. The Morgan fingerprint density at radius 2 is 2.00 bits per heavy atom. The summed E-state index contributed by atoms with van der Waals surface area (Å²) in [5.74, 6) is 0.257. The van der Waals surface area contributed by atoms with Gasteiger partial charge in [0.15, 0.2) is 9.84 Å². The van der Waals surface area contributed by atoms with Gasteiger partial charge in [0.05, 0.1) is 10.5 Å². The minimum absolute atomic E-state index is 0. The highest BCUT2D eigenvalue weighted by Gasteiger charge is 2.39. The summed E-state index contributed by atoms with van der Waals surface area (Å²) < 4.78 is 22.7. The summed E-state index contributed by atoms with van der Waals surface area (Å²) in [5.41, 5.74) is 5.69. The van der Waals surface area contributed by atoms with Crippen molar-refractivity contribution in [1.29, 1.82) is 0 Å². The van der Waals surface area contributed by atoms with Gasteiger partial charge in [0.1, 0.15) is 0 Å². The molecular formula is C9H21ClN2O2S. The standard InChI is InChI=1S/C9H20N2O2S.ClH/c1-8(10)6-11-4-5-14(12,13)9(2,3)7-11;/h8H,4-7,10H2,1-3H3;1H. The van der Waals surface area contributed by atoms with Gasteiger partial charge < -0.3 is 5.73 Å². The molecule has 1 aliphatic heterocycles. The lowest BCUT2D eigenvalue weighted by Gasteiger charge is -2.38. The average Bonchev–Trinajstić information content (AvgIpc) is 1.96. The summed E-state index contributed by atoms with van der Waals surface area (Å²) in [4.78, 5) is 2.13. The molecule has 6 heteroatoms. The molecule has 0 amide bonds. The summed E-state index contributed by atoms with van der Waals surface area (Å²) >= 11 is 0. The Kier molecular flexibility index (Phi) is 5.05. The van der Waals surface area contributed by atoms with Crippen LogP contribution in [0.4, 0.5) is 0 Å². The van der Waals surface area contributed by atoms with Gasteiger partial charge in [0.25, 0.3) is 0 Å². The van der Waals surface area contributed by atoms with Crippen molar-refractivity contribution < 1.29 is 8.42 Å². The van der Waals surface area contributed by atoms with Crippen molar-refractivity contribution in [2.45, 2.75) is 31.6 Å². The molecule has 1 saturated heterocycles. The summed E-state index contributed by atoms with van der Waals surface area (Å²) in [6.07, 6.45) is 0. The van der Waals surface area contributed by atoms with Gasteiger partial charge in [-0.2, -0.15) is 0 Å². The van der Waals surface area contributed by atoms with E-state index in [0.717, 1.165) is 6.54 Å². The van der Waals surface area contributed by atoms with Gasteiger partial charge in [-0.15, -0.1) is 12.4 Å². The van der Waals surface area contributed by atoms with Crippen molar-refractivity contribution in [2.75, 3.05) is 25.4 Å². The molecule has 4 nitrogen and oxygen atoms in total. The maximum absolute atomic E-state index is 11.7. The first kappa shape index (κ1) is 15.2. The van der Waals surface area contributed by atoms with Gasteiger partial charge in [-0.05, 0) is 20.8 Å². The highest BCUT2D eigenvalue weighted by atomic mass is 35.5. The maximum Gasteiger partial charge on any atom is 0.157 e. The fraction of sp³-hybridized carbons (Fsp3) is 1.00. The molecule has 1 heterocycles. The monoisotopic (exact) mass is 256 g/mol. The second kappa shape index (κ2) is 4.99. The predicted octanol–water partition coefficient (Wildman–Crippen LogP) is 0.264. The first-order valence-electron chi connectivity index (χ1n) is 4.95. The molecule has 1 fully saturated rings. The van der Waals surface area contributed by atoms with Gasteiger partial charge >= 0.3 is 0 Å². The molecule has 0 radical (unpaired) electrons. The van der Waals surface area contributed by atoms with E-state index in [1.54, 1.807) is 13.8 Å². The van der Waals surface area contributed by atoms with Gasteiger partial charge in [-0.1, -0.05) is 0 Å².